The fourth-order valence-corrected chi connectivity index (χ4v) is 2.18. The zero-order valence-corrected chi connectivity index (χ0v) is 14.5. The molecule has 0 heterocycles. The van der Waals surface area contributed by atoms with Crippen molar-refractivity contribution in [2.24, 2.45) is 0 Å². The predicted octanol–water partition coefficient (Wildman–Crippen LogP) is 2.39. The summed E-state index contributed by atoms with van der Waals surface area (Å²) in [5, 5.41) is 24.3. The number of hydrogen-bond acceptors (Lipinski definition) is 6. The van der Waals surface area contributed by atoms with Crippen LogP contribution >= 0.6 is 0 Å². The first-order chi connectivity index (χ1) is 12.7. The number of hydrogen-bond donors (Lipinski definition) is 1. The van der Waals surface area contributed by atoms with E-state index in [2.05, 4.69) is 5.32 Å². The first-order valence-corrected chi connectivity index (χ1v) is 7.71. The molecular weight excluding hydrogens is 356 g/mol. The number of rotatable bonds is 6. The van der Waals surface area contributed by atoms with Gasteiger partial charge in [-0.15, -0.1) is 0 Å². The van der Waals surface area contributed by atoms with E-state index in [9.17, 15) is 29.8 Å². The van der Waals surface area contributed by atoms with Crippen LogP contribution in [0.25, 0.3) is 0 Å². The predicted molar refractivity (Wildman–Crippen MR) is 96.5 cm³/mol. The fourth-order valence-electron chi connectivity index (χ4n) is 2.18. The maximum atomic E-state index is 12.3. The van der Waals surface area contributed by atoms with E-state index in [0.29, 0.717) is 5.69 Å². The molecule has 0 unspecified atom stereocenters. The van der Waals surface area contributed by atoms with Crippen LogP contribution < -0.4 is 5.32 Å². The molecule has 27 heavy (non-hydrogen) atoms. The Morgan fingerprint density at radius 2 is 1.48 bits per heavy atom. The van der Waals surface area contributed by atoms with Gasteiger partial charge in [-0.1, -0.05) is 12.1 Å². The van der Waals surface area contributed by atoms with Crippen molar-refractivity contribution in [3.63, 3.8) is 0 Å². The molecule has 0 bridgehead atoms. The van der Waals surface area contributed by atoms with Crippen LogP contribution in [-0.2, 0) is 11.2 Å². The van der Waals surface area contributed by atoms with E-state index in [0.717, 1.165) is 23.8 Å². The molecule has 0 atom stereocenters. The average Bonchev–Trinajstić information content (AvgIpc) is 2.62. The molecule has 0 fully saturated rings. The molecule has 0 saturated carbocycles. The smallest absolute Gasteiger partial charge is 0.277 e. The Hall–Kier alpha value is -3.82. The fraction of sp³-hybridized carbons (Fsp3) is 0.176. The molecule has 0 aliphatic heterocycles. The zero-order chi connectivity index (χ0) is 20.1. The average molecular weight is 372 g/mol. The van der Waals surface area contributed by atoms with E-state index in [1.54, 1.807) is 38.4 Å². The summed E-state index contributed by atoms with van der Waals surface area (Å²) in [6.07, 6.45) is 0.207. The van der Waals surface area contributed by atoms with Gasteiger partial charge in [0.25, 0.3) is 17.3 Å². The monoisotopic (exact) mass is 372 g/mol. The first-order valence-electron chi connectivity index (χ1n) is 7.71. The van der Waals surface area contributed by atoms with Gasteiger partial charge in [0.15, 0.2) is 0 Å². The van der Waals surface area contributed by atoms with E-state index in [4.69, 9.17) is 0 Å². The molecule has 10 nitrogen and oxygen atoms in total. The standard InChI is InChI=1S/C17H16N4O6/c1-19(2)16(22)7-11-3-5-13(6-4-11)18-17(23)12-8-14(20(24)25)10-15(9-12)21(26)27/h3-6,8-10H,7H2,1-2H3,(H,18,23). The van der Waals surface area contributed by atoms with Gasteiger partial charge in [0.2, 0.25) is 5.91 Å². The van der Waals surface area contributed by atoms with Crippen molar-refractivity contribution in [3.8, 4) is 0 Å². The number of amides is 2. The molecule has 0 aliphatic rings. The van der Waals surface area contributed by atoms with Crippen LogP contribution in [-0.4, -0.2) is 40.7 Å². The molecule has 2 amide bonds. The first kappa shape index (κ1) is 19.5. The van der Waals surface area contributed by atoms with E-state index >= 15 is 0 Å². The van der Waals surface area contributed by atoms with Gasteiger partial charge in [-0.3, -0.25) is 29.8 Å². The number of nitrogens with one attached hydrogen (secondary N) is 1. The molecule has 0 radical (unpaired) electrons. The Morgan fingerprint density at radius 1 is 0.963 bits per heavy atom. The number of likely N-dealkylation sites (N-methyl/N-ethyl adjacent to an activating group) is 1. The summed E-state index contributed by atoms with van der Waals surface area (Å²) in [6, 6.07) is 9.18. The van der Waals surface area contributed by atoms with Gasteiger partial charge in [0.1, 0.15) is 0 Å². The van der Waals surface area contributed by atoms with Crippen LogP contribution in [0.2, 0.25) is 0 Å². The minimum absolute atomic E-state index is 0.0734. The number of anilines is 1. The van der Waals surface area contributed by atoms with Gasteiger partial charge in [0, 0.05) is 31.9 Å². The van der Waals surface area contributed by atoms with Crippen molar-refractivity contribution in [1.29, 1.82) is 0 Å². The molecule has 0 aliphatic carbocycles. The Morgan fingerprint density at radius 3 is 1.93 bits per heavy atom. The number of non-ortho nitro benzene ring substituents is 2. The normalized spacial score (nSPS) is 10.1. The van der Waals surface area contributed by atoms with Crippen molar-refractivity contribution in [2.45, 2.75) is 6.42 Å². The maximum Gasteiger partial charge on any atom is 0.277 e. The highest BCUT2D eigenvalue weighted by Crippen LogP contribution is 2.23. The van der Waals surface area contributed by atoms with Crippen LogP contribution in [0.4, 0.5) is 17.1 Å². The molecule has 0 aromatic heterocycles. The molecule has 2 aromatic carbocycles. The summed E-state index contributed by atoms with van der Waals surface area (Å²) in [5.74, 6) is -0.797. The second-order valence-corrected chi connectivity index (χ2v) is 5.87. The third kappa shape index (κ3) is 5.08. The molecule has 140 valence electrons. The van der Waals surface area contributed by atoms with E-state index < -0.39 is 27.1 Å². The van der Waals surface area contributed by atoms with Gasteiger partial charge in [0.05, 0.1) is 27.9 Å². The van der Waals surface area contributed by atoms with Crippen molar-refractivity contribution >= 4 is 28.9 Å². The van der Waals surface area contributed by atoms with E-state index in [1.165, 1.54) is 4.90 Å². The molecule has 2 rings (SSSR count). The van der Waals surface area contributed by atoms with Gasteiger partial charge < -0.3 is 10.2 Å². The number of nitro groups is 2. The van der Waals surface area contributed by atoms with Gasteiger partial charge in [-0.05, 0) is 17.7 Å². The highest BCUT2D eigenvalue weighted by Gasteiger charge is 2.20. The van der Waals surface area contributed by atoms with Crippen LogP contribution in [0.5, 0.6) is 0 Å². The number of nitrogens with zero attached hydrogens (tertiary/aromatic N) is 3. The largest absolute Gasteiger partial charge is 0.349 e. The quantitative estimate of drug-likeness (QED) is 0.611. The van der Waals surface area contributed by atoms with E-state index in [-0.39, 0.29) is 17.9 Å². The Bertz CT molecular complexity index is 876. The number of carbonyl (C=O) groups excluding carboxylic acids is 2. The lowest BCUT2D eigenvalue weighted by Crippen LogP contribution is -2.23. The number of carbonyl (C=O) groups is 2. The summed E-state index contributed by atoms with van der Waals surface area (Å²) in [6.45, 7) is 0. The third-order valence-corrected chi connectivity index (χ3v) is 3.65. The zero-order valence-electron chi connectivity index (χ0n) is 14.5. The van der Waals surface area contributed by atoms with Gasteiger partial charge in [-0.2, -0.15) is 0 Å². The lowest BCUT2D eigenvalue weighted by Gasteiger charge is -2.10. The molecule has 0 saturated heterocycles. The van der Waals surface area contributed by atoms with Gasteiger partial charge >= 0.3 is 0 Å². The SMILES string of the molecule is CN(C)C(=O)Cc1ccc(NC(=O)c2cc([N+](=O)[O-])cc([N+](=O)[O-])c2)cc1. The van der Waals surface area contributed by atoms with Crippen molar-refractivity contribution < 1.29 is 19.4 Å². The Labute approximate surface area is 153 Å². The summed E-state index contributed by atoms with van der Waals surface area (Å²) < 4.78 is 0. The lowest BCUT2D eigenvalue weighted by atomic mass is 10.1. The van der Waals surface area contributed by atoms with Gasteiger partial charge in [-0.25, -0.2) is 0 Å². The molecule has 0 spiro atoms. The molecule has 2 aromatic rings. The molecular formula is C17H16N4O6. The maximum absolute atomic E-state index is 12.3. The summed E-state index contributed by atoms with van der Waals surface area (Å²) >= 11 is 0. The molecule has 1 N–H and O–H groups in total. The summed E-state index contributed by atoms with van der Waals surface area (Å²) in [4.78, 5) is 45.6. The molecule has 10 heteroatoms. The third-order valence-electron chi connectivity index (χ3n) is 3.65. The topological polar surface area (TPSA) is 136 Å². The highest BCUT2D eigenvalue weighted by molar-refractivity contribution is 6.05. The Balaban J connectivity index is 2.18. The van der Waals surface area contributed by atoms with Crippen LogP contribution in [0, 0.1) is 20.2 Å². The Kier molecular flexibility index (Phi) is 5.81. The number of nitro benzene ring substituents is 2. The van der Waals surface area contributed by atoms with E-state index in [1.807, 2.05) is 0 Å². The van der Waals surface area contributed by atoms with Crippen molar-refractivity contribution in [2.75, 3.05) is 19.4 Å². The van der Waals surface area contributed by atoms with Crippen LogP contribution in [0.3, 0.4) is 0 Å². The second-order valence-electron chi connectivity index (χ2n) is 5.87. The van der Waals surface area contributed by atoms with Crippen molar-refractivity contribution in [1.82, 2.24) is 4.90 Å². The number of benzene rings is 2. The minimum Gasteiger partial charge on any atom is -0.349 e. The minimum atomic E-state index is -0.805. The summed E-state index contributed by atoms with van der Waals surface area (Å²) in [5.41, 5.74) is -0.172. The van der Waals surface area contributed by atoms with Crippen molar-refractivity contribution in [3.05, 3.63) is 73.8 Å². The second kappa shape index (κ2) is 8.04. The summed E-state index contributed by atoms with van der Waals surface area (Å²) in [7, 11) is 3.30. The lowest BCUT2D eigenvalue weighted by molar-refractivity contribution is -0.394. The van der Waals surface area contributed by atoms with Crippen LogP contribution in [0.15, 0.2) is 42.5 Å². The highest BCUT2D eigenvalue weighted by atomic mass is 16.6. The van der Waals surface area contributed by atoms with Crippen LogP contribution in [0.1, 0.15) is 15.9 Å².